The summed E-state index contributed by atoms with van der Waals surface area (Å²) in [6, 6.07) is 9.34. The molecule has 0 fully saturated rings. The van der Waals surface area contributed by atoms with Gasteiger partial charge in [0.25, 0.3) is 5.91 Å². The lowest BCUT2D eigenvalue weighted by atomic mass is 10.2. The number of fused-ring (bicyclic) bond motifs is 2. The van der Waals surface area contributed by atoms with Crippen LogP contribution in [-0.2, 0) is 0 Å². The molecule has 0 aliphatic carbocycles. The summed E-state index contributed by atoms with van der Waals surface area (Å²) in [5.41, 5.74) is 4.02. The second-order valence-electron chi connectivity index (χ2n) is 7.16. The van der Waals surface area contributed by atoms with Crippen molar-refractivity contribution in [3.63, 3.8) is 0 Å². The van der Waals surface area contributed by atoms with Gasteiger partial charge in [-0.1, -0.05) is 25.2 Å². The van der Waals surface area contributed by atoms with Crippen LogP contribution in [0.4, 0.5) is 5.13 Å². The van der Waals surface area contributed by atoms with Crippen molar-refractivity contribution in [3.8, 4) is 11.5 Å². The molecular formula is C23H26N4O3S2. The highest BCUT2D eigenvalue weighted by Crippen LogP contribution is 2.40. The first kappa shape index (κ1) is 22.4. The van der Waals surface area contributed by atoms with Crippen LogP contribution in [0.15, 0.2) is 35.8 Å². The van der Waals surface area contributed by atoms with Crippen LogP contribution >= 0.6 is 22.7 Å². The maximum Gasteiger partial charge on any atom is 0.260 e. The van der Waals surface area contributed by atoms with E-state index in [0.717, 1.165) is 34.6 Å². The average molecular weight is 471 g/mol. The Hall–Kier alpha value is -2.75. The Balaban J connectivity index is 1.77. The largest absolute Gasteiger partial charge is 0.495 e. The van der Waals surface area contributed by atoms with Crippen LogP contribution in [0.5, 0.6) is 11.5 Å². The molecule has 0 saturated heterocycles. The minimum atomic E-state index is -0.0792. The van der Waals surface area contributed by atoms with E-state index in [0.29, 0.717) is 34.3 Å². The van der Waals surface area contributed by atoms with Gasteiger partial charge in [-0.3, -0.25) is 9.69 Å². The van der Waals surface area contributed by atoms with Crippen molar-refractivity contribution in [1.29, 1.82) is 0 Å². The van der Waals surface area contributed by atoms with Gasteiger partial charge in [-0.2, -0.15) is 0 Å². The number of anilines is 1. The SMILES string of the molecule is CCN(CC)CCN(C(=O)c1ccc2ncsc2c1)c1nc2c(OC)ccc(OC)c2s1. The lowest BCUT2D eigenvalue weighted by Gasteiger charge is -2.24. The van der Waals surface area contributed by atoms with Crippen molar-refractivity contribution in [2.24, 2.45) is 0 Å². The first-order valence-electron chi connectivity index (χ1n) is 10.5. The van der Waals surface area contributed by atoms with Gasteiger partial charge in [0.2, 0.25) is 0 Å². The van der Waals surface area contributed by atoms with Gasteiger partial charge in [-0.25, -0.2) is 9.97 Å². The number of hydrogen-bond donors (Lipinski definition) is 0. The normalized spacial score (nSPS) is 11.4. The molecule has 32 heavy (non-hydrogen) atoms. The van der Waals surface area contributed by atoms with Gasteiger partial charge in [0.15, 0.2) is 5.13 Å². The molecule has 7 nitrogen and oxygen atoms in total. The van der Waals surface area contributed by atoms with Crippen molar-refractivity contribution in [3.05, 3.63) is 41.4 Å². The topological polar surface area (TPSA) is 67.8 Å². The smallest absolute Gasteiger partial charge is 0.260 e. The molecule has 0 atom stereocenters. The predicted octanol–water partition coefficient (Wildman–Crippen LogP) is 4.91. The number of methoxy groups -OCH3 is 2. The lowest BCUT2D eigenvalue weighted by Crippen LogP contribution is -2.38. The molecule has 168 valence electrons. The number of thiazole rings is 2. The number of ether oxygens (including phenoxy) is 2. The number of benzene rings is 2. The molecule has 0 aliphatic heterocycles. The average Bonchev–Trinajstić information content (AvgIpc) is 3.47. The second-order valence-corrected chi connectivity index (χ2v) is 9.03. The summed E-state index contributed by atoms with van der Waals surface area (Å²) >= 11 is 2.97. The van der Waals surface area contributed by atoms with Crippen LogP contribution < -0.4 is 14.4 Å². The Bertz CT molecular complexity index is 1190. The van der Waals surface area contributed by atoms with E-state index in [9.17, 15) is 4.79 Å². The summed E-state index contributed by atoms with van der Waals surface area (Å²) < 4.78 is 12.9. The summed E-state index contributed by atoms with van der Waals surface area (Å²) in [5.74, 6) is 1.29. The van der Waals surface area contributed by atoms with Crippen LogP contribution in [0.1, 0.15) is 24.2 Å². The fraction of sp³-hybridized carbons (Fsp3) is 0.348. The van der Waals surface area contributed by atoms with Crippen LogP contribution in [0.3, 0.4) is 0 Å². The summed E-state index contributed by atoms with van der Waals surface area (Å²) in [7, 11) is 3.25. The van der Waals surface area contributed by atoms with E-state index < -0.39 is 0 Å². The number of hydrogen-bond acceptors (Lipinski definition) is 8. The molecule has 2 aromatic heterocycles. The maximum atomic E-state index is 13.7. The van der Waals surface area contributed by atoms with Gasteiger partial charge in [0.05, 0.1) is 29.9 Å². The molecule has 0 aliphatic rings. The van der Waals surface area contributed by atoms with Crippen LogP contribution in [-0.4, -0.2) is 61.2 Å². The fourth-order valence-electron chi connectivity index (χ4n) is 3.60. The van der Waals surface area contributed by atoms with Gasteiger partial charge in [0.1, 0.15) is 21.7 Å². The quantitative estimate of drug-likeness (QED) is 0.346. The summed E-state index contributed by atoms with van der Waals surface area (Å²) in [6.45, 7) is 7.39. The molecule has 1 amide bonds. The third-order valence-electron chi connectivity index (χ3n) is 5.49. The van der Waals surface area contributed by atoms with Crippen LogP contribution in [0, 0.1) is 0 Å². The zero-order valence-corrected chi connectivity index (χ0v) is 20.3. The van der Waals surface area contributed by atoms with Crippen molar-refractivity contribution in [2.75, 3.05) is 45.3 Å². The van der Waals surface area contributed by atoms with Crippen molar-refractivity contribution < 1.29 is 14.3 Å². The first-order valence-corrected chi connectivity index (χ1v) is 12.2. The Morgan fingerprint density at radius 2 is 1.78 bits per heavy atom. The summed E-state index contributed by atoms with van der Waals surface area (Å²) in [4.78, 5) is 26.9. The van der Waals surface area contributed by atoms with Crippen LogP contribution in [0.2, 0.25) is 0 Å². The Morgan fingerprint density at radius 1 is 1.03 bits per heavy atom. The highest BCUT2D eigenvalue weighted by atomic mass is 32.1. The third kappa shape index (κ3) is 4.28. The number of rotatable bonds is 9. The first-order chi connectivity index (χ1) is 15.6. The van der Waals surface area contributed by atoms with E-state index in [1.807, 2.05) is 30.3 Å². The molecule has 0 spiro atoms. The molecule has 2 heterocycles. The molecule has 2 aromatic carbocycles. The Labute approximate surface area is 195 Å². The molecule has 0 bridgehead atoms. The van der Waals surface area contributed by atoms with Crippen molar-refractivity contribution in [1.82, 2.24) is 14.9 Å². The summed E-state index contributed by atoms with van der Waals surface area (Å²) in [5, 5.41) is 0.629. The minimum absolute atomic E-state index is 0.0792. The Kier molecular flexibility index (Phi) is 6.88. The number of aromatic nitrogens is 2. The number of carbonyl (C=O) groups excluding carboxylic acids is 1. The van der Waals surface area contributed by atoms with E-state index in [1.54, 1.807) is 24.6 Å². The second kappa shape index (κ2) is 9.81. The zero-order chi connectivity index (χ0) is 22.7. The number of nitrogens with zero attached hydrogens (tertiary/aromatic N) is 4. The van der Waals surface area contributed by atoms with Gasteiger partial charge in [0, 0.05) is 18.7 Å². The van der Waals surface area contributed by atoms with Crippen LogP contribution in [0.25, 0.3) is 20.4 Å². The van der Waals surface area contributed by atoms with Crippen molar-refractivity contribution >= 4 is 54.1 Å². The van der Waals surface area contributed by atoms with Gasteiger partial charge >= 0.3 is 0 Å². The fourth-order valence-corrected chi connectivity index (χ4v) is 5.41. The third-order valence-corrected chi connectivity index (χ3v) is 7.37. The van der Waals surface area contributed by atoms with Crippen molar-refractivity contribution in [2.45, 2.75) is 13.8 Å². The lowest BCUT2D eigenvalue weighted by molar-refractivity contribution is 0.0984. The summed E-state index contributed by atoms with van der Waals surface area (Å²) in [6.07, 6.45) is 0. The van der Waals surface area contributed by atoms with E-state index >= 15 is 0 Å². The Morgan fingerprint density at radius 3 is 2.50 bits per heavy atom. The molecule has 0 radical (unpaired) electrons. The molecular weight excluding hydrogens is 444 g/mol. The molecule has 0 unspecified atom stereocenters. The monoisotopic (exact) mass is 470 g/mol. The molecule has 4 rings (SSSR count). The minimum Gasteiger partial charge on any atom is -0.495 e. The highest BCUT2D eigenvalue weighted by Gasteiger charge is 2.24. The standard InChI is InChI=1S/C23H26N4O3S2/c1-5-26(6-2)11-12-27(22(28)15-7-8-16-19(13-15)31-14-24-16)23-25-20-17(29-3)9-10-18(30-4)21(20)32-23/h7-10,13-14H,5-6,11-12H2,1-4H3. The number of carbonyl (C=O) groups is 1. The highest BCUT2D eigenvalue weighted by molar-refractivity contribution is 7.22. The van der Waals surface area contributed by atoms with Gasteiger partial charge < -0.3 is 14.4 Å². The number of likely N-dealkylation sites (N-methyl/N-ethyl adjacent to an activating group) is 1. The predicted molar refractivity (Wildman–Crippen MR) is 132 cm³/mol. The van der Waals surface area contributed by atoms with E-state index in [1.165, 1.54) is 22.7 Å². The van der Waals surface area contributed by atoms with Gasteiger partial charge in [-0.05, 0) is 43.4 Å². The molecule has 9 heteroatoms. The van der Waals surface area contributed by atoms with E-state index in [4.69, 9.17) is 14.5 Å². The van der Waals surface area contributed by atoms with Gasteiger partial charge in [-0.15, -0.1) is 11.3 Å². The molecule has 4 aromatic rings. The van der Waals surface area contributed by atoms with E-state index in [2.05, 4.69) is 23.7 Å². The molecule has 0 N–H and O–H groups in total. The zero-order valence-electron chi connectivity index (χ0n) is 18.6. The number of amides is 1. The molecule has 0 saturated carbocycles. The maximum absolute atomic E-state index is 13.7. The van der Waals surface area contributed by atoms with E-state index in [-0.39, 0.29) is 5.91 Å².